The number of benzene rings is 3. The third kappa shape index (κ3) is 3.42. The molecule has 1 aliphatic rings. The molecule has 0 atom stereocenters. The molecule has 0 aromatic heterocycles. The number of ketones is 2. The van der Waals surface area contributed by atoms with E-state index in [0.29, 0.717) is 11.6 Å². The molecule has 0 aliphatic heterocycles. The molecule has 0 saturated heterocycles. The third-order valence-electron chi connectivity index (χ3n) is 5.69. The van der Waals surface area contributed by atoms with E-state index in [-0.39, 0.29) is 18.6 Å². The van der Waals surface area contributed by atoms with Crippen molar-refractivity contribution in [3.63, 3.8) is 0 Å². The molecule has 0 spiro atoms. The van der Waals surface area contributed by atoms with Crippen molar-refractivity contribution in [2.24, 2.45) is 0 Å². The summed E-state index contributed by atoms with van der Waals surface area (Å²) in [5.74, 6) is -9.21. The largest absolute Gasteiger partial charge is 0.507 e. The molecule has 0 heterocycles. The van der Waals surface area contributed by atoms with Gasteiger partial charge < -0.3 is 35.7 Å². The van der Waals surface area contributed by atoms with Crippen molar-refractivity contribution >= 4 is 23.5 Å². The van der Waals surface area contributed by atoms with Crippen LogP contribution in [-0.2, 0) is 6.42 Å². The number of aromatic carboxylic acids is 2. The highest BCUT2D eigenvalue weighted by atomic mass is 16.4. The third-order valence-corrected chi connectivity index (χ3v) is 5.69. The van der Waals surface area contributed by atoms with Crippen LogP contribution in [0.15, 0.2) is 30.3 Å². The highest BCUT2D eigenvalue weighted by molar-refractivity contribution is 6.33. The van der Waals surface area contributed by atoms with Crippen molar-refractivity contribution in [1.29, 1.82) is 0 Å². The monoisotopic (exact) mass is 480 g/mol. The summed E-state index contributed by atoms with van der Waals surface area (Å²) in [7, 11) is 0. The minimum atomic E-state index is -1.91. The lowest BCUT2D eigenvalue weighted by molar-refractivity contribution is 0.0646. The Bertz CT molecular complexity index is 1480. The second-order valence-electron chi connectivity index (χ2n) is 7.70. The average molecular weight is 480 g/mol. The van der Waals surface area contributed by atoms with E-state index in [1.165, 1.54) is 18.2 Å². The zero-order valence-corrected chi connectivity index (χ0v) is 17.6. The second-order valence-corrected chi connectivity index (χ2v) is 7.70. The Kier molecular flexibility index (Phi) is 5.42. The minimum absolute atomic E-state index is 0.143. The molecule has 4 rings (SSSR count). The van der Waals surface area contributed by atoms with Crippen molar-refractivity contribution in [2.75, 3.05) is 6.61 Å². The zero-order chi connectivity index (χ0) is 25.8. The normalized spacial score (nSPS) is 12.3. The predicted molar refractivity (Wildman–Crippen MR) is 117 cm³/mol. The fraction of sp³-hybridized carbons (Fsp3) is 0.0833. The number of aliphatic hydroxyl groups is 1. The first-order chi connectivity index (χ1) is 16.5. The van der Waals surface area contributed by atoms with E-state index in [4.69, 9.17) is 0 Å². The minimum Gasteiger partial charge on any atom is -0.507 e. The Hall–Kier alpha value is -4.90. The summed E-state index contributed by atoms with van der Waals surface area (Å²) in [5.41, 5.74) is -5.06. The molecule has 0 fully saturated rings. The number of aliphatic hydroxyl groups excluding tert-OH is 1. The van der Waals surface area contributed by atoms with Crippen LogP contribution in [0.25, 0.3) is 11.1 Å². The molecule has 0 radical (unpaired) electrons. The molecule has 0 saturated carbocycles. The van der Waals surface area contributed by atoms with E-state index in [9.17, 15) is 54.9 Å². The molecule has 3 aromatic rings. The van der Waals surface area contributed by atoms with Gasteiger partial charge in [-0.15, -0.1) is 0 Å². The van der Waals surface area contributed by atoms with Gasteiger partial charge in [0.15, 0.2) is 11.6 Å². The Morgan fingerprint density at radius 3 is 1.86 bits per heavy atom. The van der Waals surface area contributed by atoms with Crippen LogP contribution in [0.3, 0.4) is 0 Å². The number of carboxylic acids is 2. The lowest BCUT2D eigenvalue weighted by Crippen LogP contribution is -2.26. The molecular formula is C24H16O11. The number of phenols is 4. The van der Waals surface area contributed by atoms with Gasteiger partial charge >= 0.3 is 11.9 Å². The van der Waals surface area contributed by atoms with Gasteiger partial charge in [-0.05, 0) is 36.2 Å². The molecule has 1 aliphatic carbocycles. The van der Waals surface area contributed by atoms with Crippen LogP contribution in [0.4, 0.5) is 0 Å². The molecule has 3 aromatic carbocycles. The topological polar surface area (TPSA) is 210 Å². The van der Waals surface area contributed by atoms with Gasteiger partial charge in [-0.25, -0.2) is 9.59 Å². The molecule has 11 nitrogen and oxygen atoms in total. The van der Waals surface area contributed by atoms with Gasteiger partial charge in [0.05, 0.1) is 16.7 Å². The number of aromatic hydroxyl groups is 4. The molecule has 0 amide bonds. The molecule has 0 unspecified atom stereocenters. The van der Waals surface area contributed by atoms with Crippen molar-refractivity contribution < 1.29 is 54.9 Å². The van der Waals surface area contributed by atoms with Crippen LogP contribution >= 0.6 is 0 Å². The molecule has 0 bridgehead atoms. The van der Waals surface area contributed by atoms with Crippen molar-refractivity contribution in [3.05, 3.63) is 69.3 Å². The van der Waals surface area contributed by atoms with Gasteiger partial charge in [0.25, 0.3) is 0 Å². The fourth-order valence-electron chi connectivity index (χ4n) is 4.18. The highest BCUT2D eigenvalue weighted by Crippen LogP contribution is 2.48. The van der Waals surface area contributed by atoms with Gasteiger partial charge in [-0.3, -0.25) is 9.59 Å². The summed E-state index contributed by atoms with van der Waals surface area (Å²) >= 11 is 0. The molecule has 7 N–H and O–H groups in total. The van der Waals surface area contributed by atoms with Crippen molar-refractivity contribution in [2.45, 2.75) is 6.42 Å². The van der Waals surface area contributed by atoms with Gasteiger partial charge in [-0.2, -0.15) is 0 Å². The number of carbonyl (C=O) groups is 4. The summed E-state index contributed by atoms with van der Waals surface area (Å²) in [6.07, 6.45) is 0.161. The molecular weight excluding hydrogens is 464 g/mol. The van der Waals surface area contributed by atoms with Crippen LogP contribution in [0, 0.1) is 0 Å². The lowest BCUT2D eigenvalue weighted by Gasteiger charge is -2.23. The van der Waals surface area contributed by atoms with Crippen LogP contribution in [0.1, 0.15) is 58.1 Å². The predicted octanol–water partition coefficient (Wildman–Crippen LogP) is 1.88. The van der Waals surface area contributed by atoms with E-state index in [0.717, 1.165) is 6.07 Å². The fourth-order valence-corrected chi connectivity index (χ4v) is 4.18. The number of carboxylic acid groups (broad SMARTS) is 2. The number of rotatable bonds is 5. The standard InChI is InChI=1S/C24H16O11/c25-4-3-8-1-2-12(26)9(5-8)15-13(27)7-11-17(21(15)30)22(31)16-10(20(11)29)6-14(28)18(23(32)33)19(16)24(34)35/h1-2,5-7,25-28,30H,3-4H2,(H,32,33)(H,34,35). The van der Waals surface area contributed by atoms with Crippen LogP contribution in [-0.4, -0.2) is 65.9 Å². The maximum absolute atomic E-state index is 13.4. The Balaban J connectivity index is 2.06. The van der Waals surface area contributed by atoms with Gasteiger partial charge in [0, 0.05) is 28.9 Å². The second kappa shape index (κ2) is 8.15. The van der Waals surface area contributed by atoms with Crippen molar-refractivity contribution in [1.82, 2.24) is 0 Å². The summed E-state index contributed by atoms with van der Waals surface area (Å²) in [6.45, 7) is -0.243. The van der Waals surface area contributed by atoms with Gasteiger partial charge in [-0.1, -0.05) is 6.07 Å². The Morgan fingerprint density at radius 2 is 1.26 bits per heavy atom. The maximum Gasteiger partial charge on any atom is 0.340 e. The SMILES string of the molecule is O=C1c2cc(O)c(-c3cc(CCO)ccc3O)c(O)c2C(=O)c2c1cc(O)c(C(=O)O)c2C(=O)O. The number of phenolic OH excluding ortho intramolecular Hbond substituents is 3. The lowest BCUT2D eigenvalue weighted by atomic mass is 9.78. The Morgan fingerprint density at radius 1 is 0.657 bits per heavy atom. The van der Waals surface area contributed by atoms with E-state index in [1.807, 2.05) is 0 Å². The summed E-state index contributed by atoms with van der Waals surface area (Å²) in [5, 5.41) is 70.2. The zero-order valence-electron chi connectivity index (χ0n) is 17.6. The molecule has 11 heteroatoms. The van der Waals surface area contributed by atoms with Crippen LogP contribution in [0.5, 0.6) is 23.0 Å². The van der Waals surface area contributed by atoms with Crippen LogP contribution < -0.4 is 0 Å². The maximum atomic E-state index is 13.4. The first kappa shape index (κ1) is 23.3. The summed E-state index contributed by atoms with van der Waals surface area (Å²) < 4.78 is 0. The van der Waals surface area contributed by atoms with Gasteiger partial charge in [0.1, 0.15) is 28.6 Å². The average Bonchev–Trinajstić information content (AvgIpc) is 2.78. The quantitative estimate of drug-likeness (QED) is 0.219. The van der Waals surface area contributed by atoms with Crippen LogP contribution in [0.2, 0.25) is 0 Å². The highest BCUT2D eigenvalue weighted by Gasteiger charge is 2.40. The first-order valence-corrected chi connectivity index (χ1v) is 9.97. The number of hydrogen-bond donors (Lipinski definition) is 7. The summed E-state index contributed by atoms with van der Waals surface area (Å²) in [4.78, 5) is 50.0. The van der Waals surface area contributed by atoms with E-state index in [2.05, 4.69) is 0 Å². The first-order valence-electron chi connectivity index (χ1n) is 9.97. The van der Waals surface area contributed by atoms with E-state index in [1.54, 1.807) is 0 Å². The van der Waals surface area contributed by atoms with E-state index >= 15 is 0 Å². The number of carbonyl (C=O) groups excluding carboxylic acids is 2. The molecule has 35 heavy (non-hydrogen) atoms. The van der Waals surface area contributed by atoms with E-state index < -0.39 is 85.4 Å². The number of hydrogen-bond acceptors (Lipinski definition) is 9. The van der Waals surface area contributed by atoms with Gasteiger partial charge in [0.2, 0.25) is 0 Å². The Labute approximate surface area is 195 Å². The number of fused-ring (bicyclic) bond motifs is 2. The summed E-state index contributed by atoms with van der Waals surface area (Å²) in [6, 6.07) is 5.52. The smallest absolute Gasteiger partial charge is 0.340 e. The molecule has 178 valence electrons. The van der Waals surface area contributed by atoms with Crippen molar-refractivity contribution in [3.8, 4) is 34.1 Å².